The van der Waals surface area contributed by atoms with Crippen molar-refractivity contribution in [1.29, 1.82) is 0 Å². The molecule has 0 aliphatic carbocycles. The molecule has 136 valence electrons. The summed E-state index contributed by atoms with van der Waals surface area (Å²) in [6.07, 6.45) is 4.44. The molecule has 0 aliphatic rings. The first kappa shape index (κ1) is 19.0. The van der Waals surface area contributed by atoms with Crippen LogP contribution in [-0.4, -0.2) is 33.1 Å². The maximum Gasteiger partial charge on any atom is 0.315 e. The molecule has 0 aliphatic heterocycles. The van der Waals surface area contributed by atoms with Crippen LogP contribution in [0.4, 0.5) is 4.79 Å². The SMILES string of the molecule is CCC(C)C(C)(O)CNC(=O)NC(C)c1ccccc1-n1cccn1. The summed E-state index contributed by atoms with van der Waals surface area (Å²) in [4.78, 5) is 12.2. The molecule has 2 aromatic rings. The van der Waals surface area contributed by atoms with Crippen LogP contribution in [0, 0.1) is 5.92 Å². The molecule has 0 spiro atoms. The average Bonchev–Trinajstić information content (AvgIpc) is 3.13. The number of carbonyl (C=O) groups is 1. The summed E-state index contributed by atoms with van der Waals surface area (Å²) >= 11 is 0. The number of nitrogens with one attached hydrogen (secondary N) is 2. The van der Waals surface area contributed by atoms with Gasteiger partial charge in [-0.05, 0) is 37.5 Å². The van der Waals surface area contributed by atoms with Gasteiger partial charge in [0.2, 0.25) is 0 Å². The summed E-state index contributed by atoms with van der Waals surface area (Å²) in [6, 6.07) is 9.17. The number of rotatable bonds is 7. The lowest BCUT2D eigenvalue weighted by molar-refractivity contribution is 0.00785. The van der Waals surface area contributed by atoms with Crippen molar-refractivity contribution in [2.45, 2.75) is 45.8 Å². The normalized spacial score (nSPS) is 15.9. The third-order valence-electron chi connectivity index (χ3n) is 4.78. The van der Waals surface area contributed by atoms with Gasteiger partial charge >= 0.3 is 6.03 Å². The van der Waals surface area contributed by atoms with Crippen molar-refractivity contribution in [3.8, 4) is 5.69 Å². The Labute approximate surface area is 149 Å². The monoisotopic (exact) mass is 344 g/mol. The molecule has 6 nitrogen and oxygen atoms in total. The Kier molecular flexibility index (Phi) is 6.20. The van der Waals surface area contributed by atoms with E-state index in [2.05, 4.69) is 15.7 Å². The van der Waals surface area contributed by atoms with E-state index < -0.39 is 5.60 Å². The summed E-state index contributed by atoms with van der Waals surface area (Å²) < 4.78 is 1.78. The number of hydrogen-bond acceptors (Lipinski definition) is 3. The number of amides is 2. The lowest BCUT2D eigenvalue weighted by atomic mass is 9.89. The van der Waals surface area contributed by atoms with Crippen molar-refractivity contribution in [2.75, 3.05) is 6.54 Å². The number of benzene rings is 1. The molecule has 1 aromatic carbocycles. The van der Waals surface area contributed by atoms with Crippen LogP contribution in [-0.2, 0) is 0 Å². The van der Waals surface area contributed by atoms with Crippen molar-refractivity contribution in [3.63, 3.8) is 0 Å². The number of aromatic nitrogens is 2. The molecule has 3 atom stereocenters. The van der Waals surface area contributed by atoms with Crippen LogP contribution in [0.1, 0.15) is 45.7 Å². The minimum absolute atomic E-state index is 0.103. The second-order valence-electron chi connectivity index (χ2n) is 6.72. The molecule has 1 heterocycles. The van der Waals surface area contributed by atoms with Gasteiger partial charge in [0.05, 0.1) is 17.3 Å². The quantitative estimate of drug-likeness (QED) is 0.722. The molecule has 3 N–H and O–H groups in total. The van der Waals surface area contributed by atoms with E-state index >= 15 is 0 Å². The maximum absolute atomic E-state index is 12.2. The molecule has 6 heteroatoms. The highest BCUT2D eigenvalue weighted by molar-refractivity contribution is 5.74. The number of nitrogens with zero attached hydrogens (tertiary/aromatic N) is 2. The molecule has 0 saturated heterocycles. The summed E-state index contributed by atoms with van der Waals surface area (Å²) in [5, 5.41) is 20.4. The molecule has 0 fully saturated rings. The molecule has 1 aromatic heterocycles. The number of urea groups is 1. The summed E-state index contributed by atoms with van der Waals surface area (Å²) in [5.41, 5.74) is 0.962. The summed E-state index contributed by atoms with van der Waals surface area (Å²) in [7, 11) is 0. The van der Waals surface area contributed by atoms with Crippen molar-refractivity contribution < 1.29 is 9.90 Å². The first-order chi connectivity index (χ1) is 11.8. The van der Waals surface area contributed by atoms with Crippen LogP contribution in [0.15, 0.2) is 42.7 Å². The maximum atomic E-state index is 12.2. The Morgan fingerprint density at radius 2 is 2.04 bits per heavy atom. The third-order valence-corrected chi connectivity index (χ3v) is 4.78. The van der Waals surface area contributed by atoms with Crippen LogP contribution in [0.2, 0.25) is 0 Å². The number of carbonyl (C=O) groups excluding carboxylic acids is 1. The zero-order valence-electron chi connectivity index (χ0n) is 15.4. The van der Waals surface area contributed by atoms with Crippen molar-refractivity contribution >= 4 is 6.03 Å². The Bertz CT molecular complexity index is 682. The van der Waals surface area contributed by atoms with E-state index in [1.165, 1.54) is 0 Å². The summed E-state index contributed by atoms with van der Waals surface area (Å²) in [5.74, 6) is 0.103. The van der Waals surface area contributed by atoms with E-state index in [0.717, 1.165) is 17.7 Å². The zero-order chi connectivity index (χ0) is 18.4. The van der Waals surface area contributed by atoms with Gasteiger partial charge < -0.3 is 15.7 Å². The minimum atomic E-state index is -0.928. The Balaban J connectivity index is 2.01. The lowest BCUT2D eigenvalue weighted by Crippen LogP contribution is -2.48. The molecule has 3 unspecified atom stereocenters. The average molecular weight is 344 g/mol. The van der Waals surface area contributed by atoms with Gasteiger partial charge in [0.15, 0.2) is 0 Å². The van der Waals surface area contributed by atoms with Crippen molar-refractivity contribution in [2.24, 2.45) is 5.92 Å². The smallest absolute Gasteiger partial charge is 0.315 e. The fraction of sp³-hybridized carbons (Fsp3) is 0.474. The second-order valence-corrected chi connectivity index (χ2v) is 6.72. The molecular weight excluding hydrogens is 316 g/mol. The standard InChI is InChI=1S/C19H28N4O2/c1-5-14(2)19(4,25)13-20-18(24)22-15(3)16-9-6-7-10-17(16)23-12-8-11-21-23/h6-12,14-15,25H,5,13H2,1-4H3,(H2,20,22,24). The fourth-order valence-electron chi connectivity index (χ4n) is 2.67. The molecule has 2 rings (SSSR count). The van der Waals surface area contributed by atoms with Gasteiger partial charge in [-0.25, -0.2) is 9.48 Å². The van der Waals surface area contributed by atoms with Gasteiger partial charge in [-0.15, -0.1) is 0 Å². The van der Waals surface area contributed by atoms with Crippen LogP contribution >= 0.6 is 0 Å². The van der Waals surface area contributed by atoms with E-state index in [1.807, 2.05) is 57.3 Å². The third kappa shape index (κ3) is 4.82. The van der Waals surface area contributed by atoms with Crippen LogP contribution in [0.3, 0.4) is 0 Å². The van der Waals surface area contributed by atoms with Gasteiger partial charge in [-0.2, -0.15) is 5.10 Å². The Hall–Kier alpha value is -2.34. The number of hydrogen-bond donors (Lipinski definition) is 3. The number of para-hydroxylation sites is 1. The van der Waals surface area contributed by atoms with E-state index in [0.29, 0.717) is 0 Å². The van der Waals surface area contributed by atoms with Crippen LogP contribution in [0.25, 0.3) is 5.69 Å². The highest BCUT2D eigenvalue weighted by Crippen LogP contribution is 2.21. The van der Waals surface area contributed by atoms with Gasteiger partial charge in [0.25, 0.3) is 0 Å². The van der Waals surface area contributed by atoms with Crippen LogP contribution < -0.4 is 10.6 Å². The number of aliphatic hydroxyl groups is 1. The van der Waals surface area contributed by atoms with E-state index in [1.54, 1.807) is 17.8 Å². The molecule has 0 radical (unpaired) electrons. The minimum Gasteiger partial charge on any atom is -0.388 e. The predicted molar refractivity (Wildman–Crippen MR) is 98.6 cm³/mol. The molecule has 2 amide bonds. The Morgan fingerprint density at radius 1 is 1.32 bits per heavy atom. The van der Waals surface area contributed by atoms with E-state index in [4.69, 9.17) is 0 Å². The Morgan fingerprint density at radius 3 is 2.68 bits per heavy atom. The summed E-state index contributed by atoms with van der Waals surface area (Å²) in [6.45, 7) is 7.88. The van der Waals surface area contributed by atoms with Gasteiger partial charge in [0.1, 0.15) is 0 Å². The zero-order valence-corrected chi connectivity index (χ0v) is 15.4. The van der Waals surface area contributed by atoms with E-state index in [-0.39, 0.29) is 24.5 Å². The fourth-order valence-corrected chi connectivity index (χ4v) is 2.67. The first-order valence-corrected chi connectivity index (χ1v) is 8.70. The van der Waals surface area contributed by atoms with Crippen LogP contribution in [0.5, 0.6) is 0 Å². The van der Waals surface area contributed by atoms with Crippen molar-refractivity contribution in [3.05, 3.63) is 48.3 Å². The van der Waals surface area contributed by atoms with E-state index in [9.17, 15) is 9.90 Å². The van der Waals surface area contributed by atoms with Gasteiger partial charge in [0, 0.05) is 18.9 Å². The molecule has 25 heavy (non-hydrogen) atoms. The first-order valence-electron chi connectivity index (χ1n) is 8.70. The highest BCUT2D eigenvalue weighted by Gasteiger charge is 2.27. The molecule has 0 bridgehead atoms. The second kappa shape index (κ2) is 8.16. The van der Waals surface area contributed by atoms with Gasteiger partial charge in [-0.3, -0.25) is 0 Å². The largest absolute Gasteiger partial charge is 0.388 e. The topological polar surface area (TPSA) is 79.2 Å². The molecule has 0 saturated carbocycles. The lowest BCUT2D eigenvalue weighted by Gasteiger charge is -2.30. The molecular formula is C19H28N4O2. The van der Waals surface area contributed by atoms with Crippen molar-refractivity contribution in [1.82, 2.24) is 20.4 Å². The predicted octanol–water partition coefficient (Wildman–Crippen LogP) is 3.03. The van der Waals surface area contributed by atoms with Gasteiger partial charge in [-0.1, -0.05) is 38.5 Å². The highest BCUT2D eigenvalue weighted by atomic mass is 16.3.